The predicted molar refractivity (Wildman–Crippen MR) is 86.3 cm³/mol. The summed E-state index contributed by atoms with van der Waals surface area (Å²) in [6.45, 7) is 0.925. The molecule has 6 nitrogen and oxygen atoms in total. The summed E-state index contributed by atoms with van der Waals surface area (Å²) in [4.78, 5) is 3.53. The van der Waals surface area contributed by atoms with E-state index in [0.29, 0.717) is 18.9 Å². The van der Waals surface area contributed by atoms with Crippen molar-refractivity contribution in [3.05, 3.63) is 48.1 Å². The quantitative estimate of drug-likeness (QED) is 0.878. The minimum absolute atomic E-state index is 0. The number of benzene rings is 1. The maximum absolute atomic E-state index is 14.0. The number of piperazine rings is 1. The van der Waals surface area contributed by atoms with Crippen LogP contribution in [0.4, 0.5) is 8.78 Å². The molecule has 2 aromatic rings. The molecule has 3 rings (SSSR count). The fraction of sp³-hybridized carbons (Fsp3) is 0.357. The molecule has 1 aromatic heterocycles. The molecule has 0 aliphatic carbocycles. The zero-order valence-corrected chi connectivity index (χ0v) is 14.4. The highest BCUT2D eigenvalue weighted by atomic mass is 35.5. The lowest BCUT2D eigenvalue weighted by molar-refractivity contribution is 0.257. The van der Waals surface area contributed by atoms with Gasteiger partial charge in [0.1, 0.15) is 10.7 Å². The monoisotopic (exact) mass is 378 g/mol. The molecule has 132 valence electrons. The summed E-state index contributed by atoms with van der Waals surface area (Å²) in [5.74, 6) is -2.00. The molecule has 1 unspecified atom stereocenters. The Balaban J connectivity index is 0.00000208. The number of aromatic nitrogens is 2. The Kier molecular flexibility index (Phi) is 5.59. The fourth-order valence-electron chi connectivity index (χ4n) is 2.70. The predicted octanol–water partition coefficient (Wildman–Crippen LogP) is 1.46. The lowest BCUT2D eigenvalue weighted by Crippen LogP contribution is -2.49. The molecule has 1 aliphatic heterocycles. The maximum atomic E-state index is 14.0. The van der Waals surface area contributed by atoms with Gasteiger partial charge < -0.3 is 9.88 Å². The summed E-state index contributed by atoms with van der Waals surface area (Å²) in [5, 5.41) is 3.10. The lowest BCUT2D eigenvalue weighted by Gasteiger charge is -2.34. The number of hydrogen-bond acceptors (Lipinski definition) is 4. The molecule has 1 saturated heterocycles. The second-order valence-electron chi connectivity index (χ2n) is 5.28. The van der Waals surface area contributed by atoms with Gasteiger partial charge in [-0.25, -0.2) is 22.2 Å². The van der Waals surface area contributed by atoms with E-state index in [1.165, 1.54) is 10.4 Å². The van der Waals surface area contributed by atoms with Crippen molar-refractivity contribution in [1.29, 1.82) is 0 Å². The molecule has 0 radical (unpaired) electrons. The number of rotatable bonds is 3. The molecular weight excluding hydrogens is 362 g/mol. The van der Waals surface area contributed by atoms with E-state index in [1.54, 1.807) is 24.0 Å². The number of hydrogen-bond donors (Lipinski definition) is 1. The SMILES string of the molecule is Cl.Cn1ccnc1C1CNCCN1S(=O)(=O)c1cccc(F)c1F. The van der Waals surface area contributed by atoms with Crippen LogP contribution in [-0.4, -0.2) is 41.9 Å². The van der Waals surface area contributed by atoms with Gasteiger partial charge in [-0.05, 0) is 12.1 Å². The Hall–Kier alpha value is -1.55. The first kappa shape index (κ1) is 18.8. The topological polar surface area (TPSA) is 67.2 Å². The second-order valence-corrected chi connectivity index (χ2v) is 7.14. The molecule has 2 heterocycles. The van der Waals surface area contributed by atoms with Gasteiger partial charge in [0.05, 0.1) is 6.04 Å². The van der Waals surface area contributed by atoms with Crippen LogP contribution in [0.5, 0.6) is 0 Å². The summed E-state index contributed by atoms with van der Waals surface area (Å²) < 4.78 is 56.0. The summed E-state index contributed by atoms with van der Waals surface area (Å²) in [6, 6.07) is 2.56. The summed E-state index contributed by atoms with van der Waals surface area (Å²) in [5.41, 5.74) is 0. The molecule has 1 atom stereocenters. The van der Waals surface area contributed by atoms with Gasteiger partial charge in [-0.1, -0.05) is 6.07 Å². The van der Waals surface area contributed by atoms with E-state index < -0.39 is 32.6 Å². The first-order chi connectivity index (χ1) is 10.9. The first-order valence-corrected chi connectivity index (χ1v) is 8.50. The van der Waals surface area contributed by atoms with Crippen LogP contribution in [0.15, 0.2) is 35.5 Å². The van der Waals surface area contributed by atoms with E-state index in [0.717, 1.165) is 12.1 Å². The van der Waals surface area contributed by atoms with E-state index in [1.807, 2.05) is 0 Å². The van der Waals surface area contributed by atoms with Crippen LogP contribution in [0.1, 0.15) is 11.9 Å². The molecule has 0 amide bonds. The van der Waals surface area contributed by atoms with E-state index in [2.05, 4.69) is 10.3 Å². The smallest absolute Gasteiger partial charge is 0.246 e. The van der Waals surface area contributed by atoms with Gasteiger partial charge in [0, 0.05) is 39.1 Å². The van der Waals surface area contributed by atoms with Crippen molar-refractivity contribution < 1.29 is 17.2 Å². The van der Waals surface area contributed by atoms with Gasteiger partial charge in [0.15, 0.2) is 11.6 Å². The van der Waals surface area contributed by atoms with E-state index in [4.69, 9.17) is 0 Å². The van der Waals surface area contributed by atoms with Crippen molar-refractivity contribution >= 4 is 22.4 Å². The molecule has 1 fully saturated rings. The molecule has 10 heteroatoms. The van der Waals surface area contributed by atoms with Crippen LogP contribution < -0.4 is 5.32 Å². The Morgan fingerprint density at radius 1 is 1.33 bits per heavy atom. The van der Waals surface area contributed by atoms with Crippen LogP contribution in [0.2, 0.25) is 0 Å². The first-order valence-electron chi connectivity index (χ1n) is 7.06. The number of nitrogens with one attached hydrogen (secondary N) is 1. The van der Waals surface area contributed by atoms with Gasteiger partial charge in [0.2, 0.25) is 10.0 Å². The summed E-state index contributed by atoms with van der Waals surface area (Å²) in [6.07, 6.45) is 3.27. The number of sulfonamides is 1. The van der Waals surface area contributed by atoms with Crippen molar-refractivity contribution in [3.8, 4) is 0 Å². The van der Waals surface area contributed by atoms with Crippen LogP contribution >= 0.6 is 12.4 Å². The molecule has 0 spiro atoms. The normalized spacial score (nSPS) is 19.0. The van der Waals surface area contributed by atoms with Crippen molar-refractivity contribution in [2.24, 2.45) is 7.05 Å². The van der Waals surface area contributed by atoms with Crippen molar-refractivity contribution in [1.82, 2.24) is 19.2 Å². The minimum atomic E-state index is -4.18. The van der Waals surface area contributed by atoms with Gasteiger partial charge in [-0.3, -0.25) is 0 Å². The highest BCUT2D eigenvalue weighted by Gasteiger charge is 2.38. The average Bonchev–Trinajstić information content (AvgIpc) is 2.96. The van der Waals surface area contributed by atoms with Crippen LogP contribution in [0.25, 0.3) is 0 Å². The Bertz CT molecular complexity index is 828. The average molecular weight is 379 g/mol. The fourth-order valence-corrected chi connectivity index (χ4v) is 4.36. The van der Waals surface area contributed by atoms with E-state index in [9.17, 15) is 17.2 Å². The molecule has 24 heavy (non-hydrogen) atoms. The third-order valence-corrected chi connectivity index (χ3v) is 5.78. The number of aryl methyl sites for hydroxylation is 1. The van der Waals surface area contributed by atoms with Crippen molar-refractivity contribution in [2.45, 2.75) is 10.9 Å². The minimum Gasteiger partial charge on any atom is -0.337 e. The molecule has 1 aliphatic rings. The summed E-state index contributed by atoms with van der Waals surface area (Å²) in [7, 11) is -2.43. The van der Waals surface area contributed by atoms with Crippen LogP contribution in [-0.2, 0) is 17.1 Å². The zero-order valence-electron chi connectivity index (χ0n) is 12.8. The van der Waals surface area contributed by atoms with Gasteiger partial charge in [-0.15, -0.1) is 12.4 Å². The zero-order chi connectivity index (χ0) is 16.6. The number of nitrogens with zero attached hydrogens (tertiary/aromatic N) is 3. The summed E-state index contributed by atoms with van der Waals surface area (Å²) >= 11 is 0. The molecule has 1 N–H and O–H groups in total. The van der Waals surface area contributed by atoms with Crippen LogP contribution in [0, 0.1) is 11.6 Å². The highest BCUT2D eigenvalue weighted by Crippen LogP contribution is 2.29. The number of halogens is 3. The van der Waals surface area contributed by atoms with Crippen molar-refractivity contribution in [2.75, 3.05) is 19.6 Å². The third-order valence-electron chi connectivity index (χ3n) is 3.85. The van der Waals surface area contributed by atoms with Gasteiger partial charge in [-0.2, -0.15) is 4.31 Å². The number of imidazole rings is 1. The van der Waals surface area contributed by atoms with E-state index in [-0.39, 0.29) is 19.0 Å². The highest BCUT2D eigenvalue weighted by molar-refractivity contribution is 7.89. The largest absolute Gasteiger partial charge is 0.337 e. The molecule has 0 saturated carbocycles. The third kappa shape index (κ3) is 3.16. The van der Waals surface area contributed by atoms with Crippen LogP contribution in [0.3, 0.4) is 0 Å². The second kappa shape index (κ2) is 7.14. The standard InChI is InChI=1S/C14H16F2N4O2S.ClH/c1-19-7-6-18-14(19)11-9-17-5-8-20(11)23(21,22)12-4-2-3-10(15)13(12)16;/h2-4,6-7,11,17H,5,8-9H2,1H3;1H. The lowest BCUT2D eigenvalue weighted by atomic mass is 10.2. The van der Waals surface area contributed by atoms with Crippen molar-refractivity contribution in [3.63, 3.8) is 0 Å². The van der Waals surface area contributed by atoms with Gasteiger partial charge in [0.25, 0.3) is 0 Å². The Morgan fingerprint density at radius 2 is 2.08 bits per heavy atom. The Labute approximate surface area is 145 Å². The Morgan fingerprint density at radius 3 is 2.75 bits per heavy atom. The van der Waals surface area contributed by atoms with E-state index >= 15 is 0 Å². The van der Waals surface area contributed by atoms with Gasteiger partial charge >= 0.3 is 0 Å². The molecule has 0 bridgehead atoms. The molecule has 1 aromatic carbocycles. The molecular formula is C14H17ClF2N4O2S. The maximum Gasteiger partial charge on any atom is 0.246 e.